The number of imidazole rings is 1. The van der Waals surface area contributed by atoms with Gasteiger partial charge in [0.1, 0.15) is 5.65 Å². The van der Waals surface area contributed by atoms with E-state index in [4.69, 9.17) is 0 Å². The summed E-state index contributed by atoms with van der Waals surface area (Å²) in [5.41, 5.74) is 3.08. The quantitative estimate of drug-likeness (QED) is 0.407. The molecule has 0 unspecified atom stereocenters. The molecule has 1 amide bonds. The summed E-state index contributed by atoms with van der Waals surface area (Å²) in [4.78, 5) is 19.3. The highest BCUT2D eigenvalue weighted by Gasteiger charge is 2.27. The number of carbonyl (C=O) groups is 1. The summed E-state index contributed by atoms with van der Waals surface area (Å²) in [6, 6.07) is 16.8. The van der Waals surface area contributed by atoms with Gasteiger partial charge in [-0.25, -0.2) is 13.4 Å². The summed E-state index contributed by atoms with van der Waals surface area (Å²) in [5, 5.41) is 1.81. The Morgan fingerprint density at radius 1 is 1.06 bits per heavy atom. The molecule has 174 valence electrons. The molecule has 1 saturated heterocycles. The molecule has 0 spiro atoms. The van der Waals surface area contributed by atoms with Crippen molar-refractivity contribution in [3.63, 3.8) is 0 Å². The van der Waals surface area contributed by atoms with Crippen molar-refractivity contribution in [3.05, 3.63) is 84.8 Å². The number of sulfone groups is 1. The van der Waals surface area contributed by atoms with Gasteiger partial charge in [0.25, 0.3) is 0 Å². The van der Waals surface area contributed by atoms with Crippen molar-refractivity contribution in [1.29, 1.82) is 0 Å². The number of likely N-dealkylation sites (tertiary alicyclic amines) is 1. The number of benzene rings is 2. The van der Waals surface area contributed by atoms with Crippen LogP contribution < -0.4 is 0 Å². The summed E-state index contributed by atoms with van der Waals surface area (Å²) in [7, 11) is -3.55. The lowest BCUT2D eigenvalue weighted by molar-refractivity contribution is -0.131. The predicted molar refractivity (Wildman–Crippen MR) is 134 cm³/mol. The average molecular weight is 474 g/mol. The van der Waals surface area contributed by atoms with Crippen LogP contribution in [0.1, 0.15) is 36.4 Å². The van der Waals surface area contributed by atoms with Gasteiger partial charge in [-0.2, -0.15) is 0 Å². The Bertz CT molecular complexity index is 1480. The first-order chi connectivity index (χ1) is 16.4. The molecule has 6 nitrogen and oxygen atoms in total. The SMILES string of the molecule is C=Cc1ccc2cc(S(=O)(=O)CCC(=O)N3CCC(c4cnc5ccccn45)CC3)ccc2c1. The highest BCUT2D eigenvalue weighted by molar-refractivity contribution is 7.91. The van der Waals surface area contributed by atoms with Gasteiger partial charge < -0.3 is 9.30 Å². The van der Waals surface area contributed by atoms with Gasteiger partial charge in [-0.1, -0.05) is 36.9 Å². The lowest BCUT2D eigenvalue weighted by Crippen LogP contribution is -2.38. The van der Waals surface area contributed by atoms with Gasteiger partial charge in [0, 0.05) is 43.5 Å². The first-order valence-electron chi connectivity index (χ1n) is 11.5. The Labute approximate surface area is 199 Å². The number of fused-ring (bicyclic) bond motifs is 2. The molecule has 34 heavy (non-hydrogen) atoms. The van der Waals surface area contributed by atoms with Gasteiger partial charge >= 0.3 is 0 Å². The molecule has 3 heterocycles. The largest absolute Gasteiger partial charge is 0.343 e. The maximum atomic E-state index is 12.9. The monoisotopic (exact) mass is 473 g/mol. The number of piperidine rings is 1. The minimum absolute atomic E-state index is 0.00392. The number of pyridine rings is 1. The Kier molecular flexibility index (Phi) is 5.96. The van der Waals surface area contributed by atoms with E-state index >= 15 is 0 Å². The number of carbonyl (C=O) groups excluding carboxylic acids is 1. The van der Waals surface area contributed by atoms with Gasteiger partial charge in [0.15, 0.2) is 9.84 Å². The van der Waals surface area contributed by atoms with Crippen LogP contribution in [0.4, 0.5) is 0 Å². The van der Waals surface area contributed by atoms with E-state index in [1.807, 2.05) is 54.9 Å². The van der Waals surface area contributed by atoms with Gasteiger partial charge in [-0.15, -0.1) is 0 Å². The van der Waals surface area contributed by atoms with Crippen molar-refractivity contribution >= 4 is 38.2 Å². The lowest BCUT2D eigenvalue weighted by Gasteiger charge is -2.32. The molecule has 5 rings (SSSR count). The third-order valence-corrected chi connectivity index (χ3v) is 8.44. The molecule has 4 aromatic rings. The van der Waals surface area contributed by atoms with Crippen molar-refractivity contribution in [2.45, 2.75) is 30.1 Å². The summed E-state index contributed by atoms with van der Waals surface area (Å²) < 4.78 is 28.0. The molecule has 0 aliphatic carbocycles. The number of aromatic nitrogens is 2. The van der Waals surface area contributed by atoms with Crippen LogP contribution in [0, 0.1) is 0 Å². The van der Waals surface area contributed by atoms with Gasteiger partial charge in [-0.3, -0.25) is 4.79 Å². The predicted octanol–water partition coefficient (Wildman–Crippen LogP) is 4.70. The highest BCUT2D eigenvalue weighted by atomic mass is 32.2. The second-order valence-electron chi connectivity index (χ2n) is 8.81. The fourth-order valence-electron chi connectivity index (χ4n) is 4.74. The van der Waals surface area contributed by atoms with Gasteiger partial charge in [0.05, 0.1) is 10.6 Å². The van der Waals surface area contributed by atoms with Crippen LogP contribution in [0.25, 0.3) is 22.5 Å². The van der Waals surface area contributed by atoms with Crippen LogP contribution in [0.2, 0.25) is 0 Å². The number of nitrogens with zero attached hydrogens (tertiary/aromatic N) is 3. The number of hydrogen-bond acceptors (Lipinski definition) is 4. The second kappa shape index (κ2) is 9.06. The van der Waals surface area contributed by atoms with E-state index in [1.54, 1.807) is 23.1 Å². The Morgan fingerprint density at radius 3 is 2.62 bits per heavy atom. The molecule has 0 N–H and O–H groups in total. The summed E-state index contributed by atoms with van der Waals surface area (Å²) in [6.07, 6.45) is 7.39. The zero-order chi connectivity index (χ0) is 23.7. The zero-order valence-corrected chi connectivity index (χ0v) is 19.7. The molecule has 0 atom stereocenters. The van der Waals surface area contributed by atoms with E-state index in [0.29, 0.717) is 19.0 Å². The van der Waals surface area contributed by atoms with Crippen molar-refractivity contribution in [2.24, 2.45) is 0 Å². The van der Waals surface area contributed by atoms with Crippen LogP contribution in [-0.4, -0.2) is 47.5 Å². The molecule has 0 saturated carbocycles. The second-order valence-corrected chi connectivity index (χ2v) is 10.9. The van der Waals surface area contributed by atoms with E-state index in [-0.39, 0.29) is 23.0 Å². The smallest absolute Gasteiger partial charge is 0.223 e. The van der Waals surface area contributed by atoms with E-state index < -0.39 is 9.84 Å². The Morgan fingerprint density at radius 2 is 1.82 bits per heavy atom. The topological polar surface area (TPSA) is 71.8 Å². The molecule has 1 aliphatic heterocycles. The van der Waals surface area contributed by atoms with Crippen molar-refractivity contribution in [2.75, 3.05) is 18.8 Å². The normalized spacial score (nSPS) is 15.1. The molecule has 2 aromatic carbocycles. The van der Waals surface area contributed by atoms with Crippen LogP contribution in [0.15, 0.2) is 78.5 Å². The van der Waals surface area contributed by atoms with E-state index in [2.05, 4.69) is 16.0 Å². The van der Waals surface area contributed by atoms with Crippen LogP contribution >= 0.6 is 0 Å². The Balaban J connectivity index is 1.20. The summed E-state index contributed by atoms with van der Waals surface area (Å²) in [6.45, 7) is 5.03. The number of amides is 1. The highest BCUT2D eigenvalue weighted by Crippen LogP contribution is 2.29. The zero-order valence-electron chi connectivity index (χ0n) is 18.9. The van der Waals surface area contributed by atoms with E-state index in [0.717, 1.165) is 34.8 Å². The van der Waals surface area contributed by atoms with Crippen LogP contribution in [-0.2, 0) is 14.6 Å². The lowest BCUT2D eigenvalue weighted by atomic mass is 9.93. The molecule has 1 fully saturated rings. The minimum atomic E-state index is -3.55. The van der Waals surface area contributed by atoms with Crippen molar-refractivity contribution in [1.82, 2.24) is 14.3 Å². The van der Waals surface area contributed by atoms with Crippen molar-refractivity contribution in [3.8, 4) is 0 Å². The number of rotatable bonds is 6. The van der Waals surface area contributed by atoms with Gasteiger partial charge in [0.2, 0.25) is 5.91 Å². The molecule has 2 aromatic heterocycles. The molecular weight excluding hydrogens is 446 g/mol. The number of hydrogen-bond donors (Lipinski definition) is 0. The minimum Gasteiger partial charge on any atom is -0.343 e. The first-order valence-corrected chi connectivity index (χ1v) is 13.2. The molecule has 1 aliphatic rings. The third kappa shape index (κ3) is 4.35. The average Bonchev–Trinajstić information content (AvgIpc) is 3.31. The summed E-state index contributed by atoms with van der Waals surface area (Å²) >= 11 is 0. The van der Waals surface area contributed by atoms with Crippen LogP contribution in [0.5, 0.6) is 0 Å². The van der Waals surface area contributed by atoms with E-state index in [9.17, 15) is 13.2 Å². The molecule has 0 radical (unpaired) electrons. The summed E-state index contributed by atoms with van der Waals surface area (Å²) in [5.74, 6) is 0.0518. The molecular formula is C27H27N3O3S. The van der Waals surface area contributed by atoms with Crippen molar-refractivity contribution < 1.29 is 13.2 Å². The maximum absolute atomic E-state index is 12.9. The van der Waals surface area contributed by atoms with Gasteiger partial charge in [-0.05, 0) is 59.5 Å². The maximum Gasteiger partial charge on any atom is 0.223 e. The standard InChI is InChI=1S/C27H27N3O3S/c1-2-20-6-7-23-18-24(9-8-22(23)17-20)34(32,33)16-12-27(31)29-14-10-21(11-15-29)25-19-28-26-5-3-4-13-30(25)26/h2-9,13,17-19,21H,1,10-12,14-16H2. The Hall–Kier alpha value is -3.45. The van der Waals surface area contributed by atoms with Crippen LogP contribution in [0.3, 0.4) is 0 Å². The first kappa shape index (κ1) is 22.3. The molecule has 7 heteroatoms. The fraction of sp³-hybridized carbons (Fsp3) is 0.259. The third-order valence-electron chi connectivity index (χ3n) is 6.73. The molecule has 0 bridgehead atoms. The van der Waals surface area contributed by atoms with E-state index in [1.165, 1.54) is 5.69 Å². The fourth-order valence-corrected chi connectivity index (χ4v) is 6.00.